The molecule has 0 radical (unpaired) electrons. The average Bonchev–Trinajstić information content (AvgIpc) is 2.01. The monoisotopic (exact) mass is 222 g/mol. The Kier molecular flexibility index (Phi) is 3.19. The van der Waals surface area contributed by atoms with Crippen molar-refractivity contribution in [3.05, 3.63) is 0 Å². The fraction of sp³-hybridized carbons (Fsp3) is 0.667. The molecule has 7 nitrogen and oxygen atoms in total. The highest BCUT2D eigenvalue weighted by Crippen LogP contribution is 2.29. The molecule has 0 aromatic rings. The lowest BCUT2D eigenvalue weighted by Crippen LogP contribution is -2.53. The number of aliphatic hydroxyl groups is 2. The summed E-state index contributed by atoms with van der Waals surface area (Å²) in [6.45, 7) is 0. The van der Waals surface area contributed by atoms with Crippen LogP contribution in [0.3, 0.4) is 0 Å². The molecule has 14 heavy (non-hydrogen) atoms. The summed E-state index contributed by atoms with van der Waals surface area (Å²) in [7, 11) is 0. The predicted octanol–water partition coefficient (Wildman–Crippen LogP) is -0.772. The number of oxime groups is 1. The second-order valence-corrected chi connectivity index (χ2v) is 4.00. The van der Waals surface area contributed by atoms with Crippen molar-refractivity contribution in [2.24, 2.45) is 5.16 Å². The van der Waals surface area contributed by atoms with Crippen LogP contribution in [0.15, 0.2) is 5.16 Å². The fourth-order valence-electron chi connectivity index (χ4n) is 1.18. The number of hydrogen-bond donors (Lipinski definition) is 5. The summed E-state index contributed by atoms with van der Waals surface area (Å²) >= 11 is 0.771. The molecule has 1 aliphatic heterocycles. The first-order chi connectivity index (χ1) is 6.47. The number of carboxylic acid groups (broad SMARTS) is 1. The molecule has 5 N–H and O–H groups in total. The first-order valence-corrected chi connectivity index (χ1v) is 4.76. The summed E-state index contributed by atoms with van der Waals surface area (Å²) < 4.78 is 0. The smallest absolute Gasteiger partial charge is 0.405 e. The van der Waals surface area contributed by atoms with Crippen LogP contribution in [-0.4, -0.2) is 49.2 Å². The summed E-state index contributed by atoms with van der Waals surface area (Å²) in [5, 5.41) is 38.0. The normalized spacial score (nSPS) is 28.7. The Bertz CT molecular complexity index is 267. The Morgan fingerprint density at radius 1 is 1.64 bits per heavy atom. The molecule has 1 heterocycles. The maximum absolute atomic E-state index is 10.3. The number of nitrogens with one attached hydrogen (secondary N) is 1. The molecule has 0 aliphatic carbocycles. The molecule has 0 bridgehead atoms. The lowest BCUT2D eigenvalue weighted by atomic mass is 10.1. The Hall–Kier alpha value is -0.990. The van der Waals surface area contributed by atoms with Gasteiger partial charge in [0.25, 0.3) is 5.12 Å². The summed E-state index contributed by atoms with van der Waals surface area (Å²) in [6.07, 6.45) is -0.960. The van der Waals surface area contributed by atoms with Crippen molar-refractivity contribution in [1.82, 2.24) is 5.32 Å². The molecule has 1 unspecified atom stereocenters. The van der Waals surface area contributed by atoms with Crippen molar-refractivity contribution in [3.8, 4) is 0 Å². The quantitative estimate of drug-likeness (QED) is 0.225. The SMILES string of the molecule is O=C(O)NC1CCSC(O)(O)C1=NO. The van der Waals surface area contributed by atoms with Crippen molar-refractivity contribution in [2.75, 3.05) is 5.75 Å². The van der Waals surface area contributed by atoms with E-state index in [0.29, 0.717) is 12.2 Å². The molecule has 1 rings (SSSR count). The van der Waals surface area contributed by atoms with Gasteiger partial charge in [-0.05, 0) is 6.42 Å². The highest BCUT2D eigenvalue weighted by molar-refractivity contribution is 8.01. The van der Waals surface area contributed by atoms with Crippen molar-refractivity contribution >= 4 is 23.6 Å². The molecule has 1 saturated heterocycles. The van der Waals surface area contributed by atoms with Gasteiger partial charge in [0.1, 0.15) is 5.71 Å². The van der Waals surface area contributed by atoms with E-state index in [9.17, 15) is 15.0 Å². The van der Waals surface area contributed by atoms with Crippen molar-refractivity contribution in [2.45, 2.75) is 17.6 Å². The predicted molar refractivity (Wildman–Crippen MR) is 48.4 cm³/mol. The van der Waals surface area contributed by atoms with E-state index in [4.69, 9.17) is 10.3 Å². The van der Waals surface area contributed by atoms with Crippen LogP contribution in [0.5, 0.6) is 0 Å². The van der Waals surface area contributed by atoms with Crippen molar-refractivity contribution < 1.29 is 25.3 Å². The number of rotatable bonds is 1. The van der Waals surface area contributed by atoms with E-state index in [1.54, 1.807) is 0 Å². The van der Waals surface area contributed by atoms with Crippen LogP contribution < -0.4 is 5.32 Å². The van der Waals surface area contributed by atoms with Gasteiger partial charge in [-0.25, -0.2) is 4.79 Å². The molecule has 1 aliphatic rings. The van der Waals surface area contributed by atoms with E-state index < -0.39 is 23.0 Å². The lowest BCUT2D eigenvalue weighted by Gasteiger charge is -2.32. The van der Waals surface area contributed by atoms with Gasteiger partial charge >= 0.3 is 6.09 Å². The summed E-state index contributed by atoms with van der Waals surface area (Å²) in [4.78, 5) is 10.3. The number of carbonyl (C=O) groups is 1. The number of amides is 1. The summed E-state index contributed by atoms with van der Waals surface area (Å²) in [5.41, 5.74) is -0.392. The van der Waals surface area contributed by atoms with Gasteiger partial charge in [-0.2, -0.15) is 0 Å². The van der Waals surface area contributed by atoms with E-state index in [1.165, 1.54) is 0 Å². The Morgan fingerprint density at radius 2 is 2.29 bits per heavy atom. The van der Waals surface area contributed by atoms with Gasteiger partial charge in [-0.15, -0.1) is 0 Å². The highest BCUT2D eigenvalue weighted by atomic mass is 32.2. The average molecular weight is 222 g/mol. The first-order valence-electron chi connectivity index (χ1n) is 3.78. The second-order valence-electron chi connectivity index (χ2n) is 2.73. The zero-order chi connectivity index (χ0) is 10.8. The van der Waals surface area contributed by atoms with Gasteiger partial charge in [0, 0.05) is 5.75 Å². The van der Waals surface area contributed by atoms with Gasteiger partial charge in [-0.1, -0.05) is 16.9 Å². The van der Waals surface area contributed by atoms with E-state index in [2.05, 4.69) is 5.16 Å². The molecule has 8 heteroatoms. The zero-order valence-corrected chi connectivity index (χ0v) is 7.86. The Balaban J connectivity index is 2.80. The van der Waals surface area contributed by atoms with E-state index in [0.717, 1.165) is 11.8 Å². The van der Waals surface area contributed by atoms with Gasteiger partial charge in [-0.3, -0.25) is 0 Å². The minimum atomic E-state index is -2.31. The maximum atomic E-state index is 10.3. The van der Waals surface area contributed by atoms with Gasteiger partial charge < -0.3 is 25.8 Å². The van der Waals surface area contributed by atoms with Crippen LogP contribution in [0.4, 0.5) is 4.79 Å². The van der Waals surface area contributed by atoms with Crippen molar-refractivity contribution in [1.29, 1.82) is 0 Å². The van der Waals surface area contributed by atoms with Crippen LogP contribution in [-0.2, 0) is 0 Å². The van der Waals surface area contributed by atoms with Gasteiger partial charge in [0.05, 0.1) is 6.04 Å². The minimum absolute atomic E-state index is 0.346. The lowest BCUT2D eigenvalue weighted by molar-refractivity contribution is -0.0217. The fourth-order valence-corrected chi connectivity index (χ4v) is 2.15. The molecule has 0 aromatic heterocycles. The summed E-state index contributed by atoms with van der Waals surface area (Å²) in [6, 6.07) is -0.867. The largest absolute Gasteiger partial charge is 0.465 e. The molecule has 0 saturated carbocycles. The summed E-state index contributed by atoms with van der Waals surface area (Å²) in [5.74, 6) is 0.358. The Morgan fingerprint density at radius 3 is 2.79 bits per heavy atom. The topological polar surface area (TPSA) is 122 Å². The number of hydrogen-bond acceptors (Lipinski definition) is 6. The molecule has 80 valence electrons. The minimum Gasteiger partial charge on any atom is -0.465 e. The van der Waals surface area contributed by atoms with Crippen LogP contribution >= 0.6 is 11.8 Å². The van der Waals surface area contributed by atoms with E-state index in [1.807, 2.05) is 5.32 Å². The van der Waals surface area contributed by atoms with Crippen molar-refractivity contribution in [3.63, 3.8) is 0 Å². The van der Waals surface area contributed by atoms with Gasteiger partial charge in [0.15, 0.2) is 0 Å². The number of nitrogens with zero attached hydrogens (tertiary/aromatic N) is 1. The third kappa shape index (κ3) is 2.28. The molecule has 1 atom stereocenters. The molecule has 1 amide bonds. The standard InChI is InChI=1S/C6H10N2O5S/c9-5(10)7-3-1-2-14-6(11,12)4(3)8-13/h3,7,11-13H,1-2H2,(H,9,10). The van der Waals surface area contributed by atoms with Crippen LogP contribution in [0.1, 0.15) is 6.42 Å². The third-order valence-corrected chi connectivity index (χ3v) is 2.83. The van der Waals surface area contributed by atoms with Gasteiger partial charge in [0.2, 0.25) is 0 Å². The third-order valence-electron chi connectivity index (χ3n) is 1.78. The zero-order valence-electron chi connectivity index (χ0n) is 7.04. The molecule has 0 spiro atoms. The van der Waals surface area contributed by atoms with Crippen LogP contribution in [0.2, 0.25) is 0 Å². The van der Waals surface area contributed by atoms with E-state index >= 15 is 0 Å². The number of thioether (sulfide) groups is 1. The molecular formula is C6H10N2O5S. The Labute approximate surface area is 83.4 Å². The van der Waals surface area contributed by atoms with E-state index in [-0.39, 0.29) is 0 Å². The molecule has 1 fully saturated rings. The van der Waals surface area contributed by atoms with Crippen LogP contribution in [0.25, 0.3) is 0 Å². The second kappa shape index (κ2) is 4.03. The molecule has 0 aromatic carbocycles. The molecular weight excluding hydrogens is 212 g/mol. The maximum Gasteiger partial charge on any atom is 0.405 e. The first kappa shape index (κ1) is 11.1. The highest BCUT2D eigenvalue weighted by Gasteiger charge is 2.42. The van der Waals surface area contributed by atoms with Crippen LogP contribution in [0, 0.1) is 0 Å².